The van der Waals surface area contributed by atoms with Gasteiger partial charge in [0, 0.05) is 11.1 Å². The van der Waals surface area contributed by atoms with Gasteiger partial charge in [0.2, 0.25) is 0 Å². The van der Waals surface area contributed by atoms with Crippen LogP contribution < -0.4 is 10.1 Å². The minimum Gasteiger partial charge on any atom is -0.506 e. The lowest BCUT2D eigenvalue weighted by Crippen LogP contribution is -2.06. The van der Waals surface area contributed by atoms with Gasteiger partial charge in [-0.25, -0.2) is 0 Å². The largest absolute Gasteiger partial charge is 0.506 e. The van der Waals surface area contributed by atoms with Crippen LogP contribution in [0.3, 0.4) is 0 Å². The summed E-state index contributed by atoms with van der Waals surface area (Å²) in [4.78, 5) is 12.5. The van der Waals surface area contributed by atoms with Crippen molar-refractivity contribution in [3.8, 4) is 22.6 Å². The average molecular weight is 399 g/mol. The summed E-state index contributed by atoms with van der Waals surface area (Å²) >= 11 is 6.42. The fraction of sp³-hybridized carbons (Fsp3) is 0.100. The van der Waals surface area contributed by atoms with Crippen molar-refractivity contribution in [1.29, 1.82) is 0 Å². The number of phenols is 1. The molecule has 1 aliphatic heterocycles. The number of aromatic nitrogens is 1. The predicted octanol–water partition coefficient (Wildman–Crippen LogP) is 4.40. The number of methoxy groups -OCH3 is 1. The zero-order valence-electron chi connectivity index (χ0n) is 14.9. The van der Waals surface area contributed by atoms with E-state index in [2.05, 4.69) is 10.5 Å². The van der Waals surface area contributed by atoms with E-state index in [1.54, 1.807) is 31.2 Å². The monoisotopic (exact) mass is 398 g/mol. The van der Waals surface area contributed by atoms with E-state index in [9.17, 15) is 15.0 Å². The molecule has 0 aliphatic carbocycles. The Kier molecular flexibility index (Phi) is 4.24. The van der Waals surface area contributed by atoms with Crippen LogP contribution in [0.15, 0.2) is 41.1 Å². The van der Waals surface area contributed by atoms with Gasteiger partial charge < -0.3 is 24.8 Å². The van der Waals surface area contributed by atoms with Gasteiger partial charge in [0.25, 0.3) is 5.91 Å². The Morgan fingerprint density at radius 1 is 1.25 bits per heavy atom. The lowest BCUT2D eigenvalue weighted by molar-refractivity contribution is -0.110. The second-order valence-electron chi connectivity index (χ2n) is 6.26. The van der Waals surface area contributed by atoms with E-state index in [0.717, 1.165) is 0 Å². The highest BCUT2D eigenvalue weighted by atomic mass is 35.5. The lowest BCUT2D eigenvalue weighted by atomic mass is 9.97. The first-order valence-electron chi connectivity index (χ1n) is 8.28. The average Bonchev–Trinajstić information content (AvgIpc) is 3.23. The standard InChI is InChI=1S/C20H15ClN2O5/c1-9-13(8-28-23-9)19(25)18-12-6-11(14(21)7-15(12)22-20(18)26)10-3-4-16(24)17(5-10)27-2/h3-8,24-25H,1-2H3,(H,22,26). The number of carbonyl (C=O) groups excluding carboxylic acids is 1. The molecule has 4 rings (SSSR count). The molecule has 3 aromatic rings. The maximum absolute atomic E-state index is 12.5. The van der Waals surface area contributed by atoms with Crippen molar-refractivity contribution in [2.24, 2.45) is 0 Å². The number of nitrogens with zero attached hydrogens (tertiary/aromatic N) is 1. The number of hydrogen-bond donors (Lipinski definition) is 3. The minimum atomic E-state index is -0.454. The molecule has 1 aliphatic rings. The summed E-state index contributed by atoms with van der Waals surface area (Å²) in [6, 6.07) is 8.14. The molecule has 1 amide bonds. The van der Waals surface area contributed by atoms with Gasteiger partial charge >= 0.3 is 0 Å². The summed E-state index contributed by atoms with van der Waals surface area (Å²) in [5, 5.41) is 27.3. The molecule has 28 heavy (non-hydrogen) atoms. The van der Waals surface area contributed by atoms with Crippen LogP contribution in [0.1, 0.15) is 16.8 Å². The van der Waals surface area contributed by atoms with Crippen molar-refractivity contribution in [3.05, 3.63) is 58.4 Å². The van der Waals surface area contributed by atoms with Crippen LogP contribution in [0.2, 0.25) is 5.02 Å². The number of aryl methyl sites for hydroxylation is 1. The van der Waals surface area contributed by atoms with E-state index >= 15 is 0 Å². The van der Waals surface area contributed by atoms with Gasteiger partial charge in [0.15, 0.2) is 11.5 Å². The van der Waals surface area contributed by atoms with E-state index in [1.165, 1.54) is 19.4 Å². The minimum absolute atomic E-state index is 0.00143. The summed E-state index contributed by atoms with van der Waals surface area (Å²) in [6.07, 6.45) is 1.28. The molecular formula is C20H15ClN2O5. The van der Waals surface area contributed by atoms with Gasteiger partial charge in [0.05, 0.1) is 34.7 Å². The van der Waals surface area contributed by atoms with Gasteiger partial charge in [0.1, 0.15) is 12.0 Å². The molecule has 8 heteroatoms. The van der Waals surface area contributed by atoms with Crippen LogP contribution in [0.4, 0.5) is 5.69 Å². The van der Waals surface area contributed by atoms with Crippen molar-refractivity contribution in [3.63, 3.8) is 0 Å². The third kappa shape index (κ3) is 2.76. The van der Waals surface area contributed by atoms with Crippen LogP contribution in [-0.2, 0) is 4.79 Å². The van der Waals surface area contributed by atoms with Crippen LogP contribution in [0, 0.1) is 6.92 Å². The van der Waals surface area contributed by atoms with Gasteiger partial charge in [-0.1, -0.05) is 22.8 Å². The SMILES string of the molecule is COc1cc(-c2cc3c(cc2Cl)NC(=O)C3=C(O)c2conc2C)ccc1O. The van der Waals surface area contributed by atoms with Gasteiger partial charge in [-0.2, -0.15) is 0 Å². The highest BCUT2D eigenvalue weighted by Gasteiger charge is 2.31. The molecule has 0 unspecified atom stereocenters. The summed E-state index contributed by atoms with van der Waals surface area (Å²) in [5.74, 6) is -0.389. The van der Waals surface area contributed by atoms with Crippen molar-refractivity contribution in [2.75, 3.05) is 12.4 Å². The second-order valence-corrected chi connectivity index (χ2v) is 6.66. The van der Waals surface area contributed by atoms with E-state index in [-0.39, 0.29) is 17.1 Å². The first-order chi connectivity index (χ1) is 13.4. The number of aromatic hydroxyl groups is 1. The number of carbonyl (C=O) groups is 1. The quantitative estimate of drug-likeness (QED) is 0.446. The van der Waals surface area contributed by atoms with Gasteiger partial charge in [-0.3, -0.25) is 4.79 Å². The third-order valence-corrected chi connectivity index (χ3v) is 4.90. The molecule has 0 spiro atoms. The van der Waals surface area contributed by atoms with Crippen LogP contribution >= 0.6 is 11.6 Å². The number of nitrogens with one attached hydrogen (secondary N) is 1. The molecule has 0 saturated carbocycles. The fourth-order valence-corrected chi connectivity index (χ4v) is 3.42. The normalized spacial score (nSPS) is 14.6. The molecule has 3 N–H and O–H groups in total. The van der Waals surface area contributed by atoms with E-state index in [4.69, 9.17) is 20.9 Å². The smallest absolute Gasteiger partial charge is 0.260 e. The molecule has 0 radical (unpaired) electrons. The van der Waals surface area contributed by atoms with Crippen molar-refractivity contribution in [1.82, 2.24) is 5.16 Å². The summed E-state index contributed by atoms with van der Waals surface area (Å²) in [5.41, 5.74) is 3.17. The summed E-state index contributed by atoms with van der Waals surface area (Å²) in [7, 11) is 1.45. The molecular weight excluding hydrogens is 384 g/mol. The second kappa shape index (κ2) is 6.61. The molecule has 0 saturated heterocycles. The Hall–Kier alpha value is -3.45. The molecule has 142 valence electrons. The van der Waals surface area contributed by atoms with Crippen LogP contribution in [0.25, 0.3) is 22.5 Å². The predicted molar refractivity (Wildman–Crippen MR) is 104 cm³/mol. The van der Waals surface area contributed by atoms with Crippen LogP contribution in [-0.4, -0.2) is 28.4 Å². The first kappa shape index (κ1) is 17.9. The van der Waals surface area contributed by atoms with E-state index in [1.807, 2.05) is 0 Å². The topological polar surface area (TPSA) is 105 Å². The first-order valence-corrected chi connectivity index (χ1v) is 8.65. The Balaban J connectivity index is 1.91. The van der Waals surface area contributed by atoms with Gasteiger partial charge in [-0.15, -0.1) is 0 Å². The number of amides is 1. The molecule has 1 aromatic heterocycles. The Labute approximate surface area is 164 Å². The number of ether oxygens (including phenoxy) is 1. The molecule has 0 bridgehead atoms. The summed E-state index contributed by atoms with van der Waals surface area (Å²) in [6.45, 7) is 1.67. The van der Waals surface area contributed by atoms with Gasteiger partial charge in [-0.05, 0) is 36.8 Å². The maximum atomic E-state index is 12.5. The number of rotatable bonds is 3. The van der Waals surface area contributed by atoms with Crippen LogP contribution in [0.5, 0.6) is 11.5 Å². The number of fused-ring (bicyclic) bond motifs is 1. The molecule has 0 atom stereocenters. The highest BCUT2D eigenvalue weighted by molar-refractivity contribution is 6.38. The number of phenolic OH excluding ortho intramolecular Hbond substituents is 1. The maximum Gasteiger partial charge on any atom is 0.260 e. The fourth-order valence-electron chi connectivity index (χ4n) is 3.15. The van der Waals surface area contributed by atoms with Crippen molar-refractivity contribution >= 4 is 34.5 Å². The Morgan fingerprint density at radius 2 is 2.04 bits per heavy atom. The Bertz CT molecular complexity index is 1150. The zero-order valence-corrected chi connectivity index (χ0v) is 15.7. The highest BCUT2D eigenvalue weighted by Crippen LogP contribution is 2.43. The number of benzene rings is 2. The molecule has 2 aromatic carbocycles. The molecule has 0 fully saturated rings. The zero-order chi connectivity index (χ0) is 20.0. The van der Waals surface area contributed by atoms with E-state index in [0.29, 0.717) is 44.4 Å². The number of aliphatic hydroxyl groups excluding tert-OH is 1. The molecule has 7 nitrogen and oxygen atoms in total. The number of anilines is 1. The van der Waals surface area contributed by atoms with Crippen molar-refractivity contribution in [2.45, 2.75) is 6.92 Å². The number of hydrogen-bond acceptors (Lipinski definition) is 6. The third-order valence-electron chi connectivity index (χ3n) is 4.58. The van der Waals surface area contributed by atoms with E-state index < -0.39 is 5.91 Å². The Morgan fingerprint density at radius 3 is 2.71 bits per heavy atom. The lowest BCUT2D eigenvalue weighted by Gasteiger charge is -2.11. The summed E-state index contributed by atoms with van der Waals surface area (Å²) < 4.78 is 10.0. The number of halogens is 1. The number of aliphatic hydroxyl groups is 1. The van der Waals surface area contributed by atoms with Crippen molar-refractivity contribution < 1.29 is 24.3 Å². The molecule has 2 heterocycles.